The van der Waals surface area contributed by atoms with E-state index in [1.807, 2.05) is 0 Å². The van der Waals surface area contributed by atoms with Crippen LogP contribution in [0.2, 0.25) is 0 Å². The Morgan fingerprint density at radius 1 is 1.43 bits per heavy atom. The van der Waals surface area contributed by atoms with Gasteiger partial charge < -0.3 is 13.1 Å². The first-order valence-electron chi connectivity index (χ1n) is 1.45. The molecule has 5 nitrogen and oxygen atoms in total. The van der Waals surface area contributed by atoms with Crippen LogP contribution in [0.3, 0.4) is 0 Å². The van der Waals surface area contributed by atoms with Gasteiger partial charge in [-0.2, -0.15) is 0 Å². The second kappa shape index (κ2) is 2.76. The summed E-state index contributed by atoms with van der Waals surface area (Å²) in [6.45, 7) is 0. The molecule has 7 heteroatoms. The summed E-state index contributed by atoms with van der Waals surface area (Å²) in [6, 6.07) is 0. The molecule has 0 bridgehead atoms. The molecular weight excluding hydrogens is 135 g/mol. The van der Waals surface area contributed by atoms with E-state index >= 15 is 0 Å². The molecule has 0 saturated heterocycles. The molecule has 0 aromatic heterocycles. The van der Waals surface area contributed by atoms with Crippen molar-refractivity contribution in [2.24, 2.45) is 0 Å². The summed E-state index contributed by atoms with van der Waals surface area (Å²) in [5.74, 6) is 0. The topological polar surface area (TPSA) is 79.2 Å². The van der Waals surface area contributed by atoms with Crippen LogP contribution < -0.4 is 0 Å². The van der Waals surface area contributed by atoms with Crippen molar-refractivity contribution in [3.05, 3.63) is 0 Å². The maximum atomic E-state index is 8.17. The van der Waals surface area contributed by atoms with Gasteiger partial charge in [-0.15, -0.1) is 0 Å². The van der Waals surface area contributed by atoms with Gasteiger partial charge in [-0.05, 0) is 0 Å². The van der Waals surface area contributed by atoms with Gasteiger partial charge >= 0.3 is 25.7 Å². The van der Waals surface area contributed by atoms with E-state index in [0.29, 0.717) is 0 Å². The molecule has 0 radical (unpaired) electrons. The van der Waals surface area contributed by atoms with Gasteiger partial charge in [0.25, 0.3) is 0 Å². The Labute approximate surface area is 49.3 Å². The van der Waals surface area contributed by atoms with Crippen molar-refractivity contribution in [1.82, 2.24) is 0 Å². The molecule has 0 fully saturated rings. The molecule has 7 heavy (non-hydrogen) atoms. The second-order valence-electron chi connectivity index (χ2n) is 0.844. The Bertz CT molecular complexity index is 46.0. The first-order chi connectivity index (χ1) is 3.12. The van der Waals surface area contributed by atoms with Crippen molar-refractivity contribution in [3.63, 3.8) is 0 Å². The van der Waals surface area contributed by atoms with E-state index < -0.39 is 9.05 Å². The molecule has 0 heterocycles. The Morgan fingerprint density at radius 3 is 1.86 bits per heavy atom. The summed E-state index contributed by atoms with van der Waals surface area (Å²) < 4.78 is 7.15. The molecule has 0 saturated carbocycles. The number of rotatable bonds is 2. The third kappa shape index (κ3) is 3.16. The lowest BCUT2D eigenvalue weighted by atomic mass is 14.9. The Kier molecular flexibility index (Phi) is 2.98. The first kappa shape index (κ1) is 7.55. The monoisotopic (exact) mass is 140 g/mol. The van der Waals surface area contributed by atoms with Gasteiger partial charge in [0.1, 0.15) is 0 Å². The van der Waals surface area contributed by atoms with Crippen molar-refractivity contribution in [1.29, 1.82) is 0 Å². The van der Waals surface area contributed by atoms with Crippen LogP contribution in [-0.2, 0) is 8.05 Å². The van der Waals surface area contributed by atoms with Gasteiger partial charge in [-0.25, -0.2) is 4.58 Å². The van der Waals surface area contributed by atoms with Crippen molar-refractivity contribution in [2.75, 3.05) is 0 Å². The SMILES string of the molecule is OO[Si](O)(O)[O][AlH2]. The Morgan fingerprint density at radius 2 is 1.86 bits per heavy atom. The largest absolute Gasteiger partial charge is 0.672 e. The van der Waals surface area contributed by atoms with E-state index in [4.69, 9.17) is 14.8 Å². The fourth-order valence-electron chi connectivity index (χ4n) is 0.0373. The van der Waals surface area contributed by atoms with Crippen molar-refractivity contribution < 1.29 is 22.9 Å². The smallest absolute Gasteiger partial charge is 0.485 e. The number of hydrogen-bond donors (Lipinski definition) is 3. The minimum atomic E-state index is -4.03. The maximum absolute atomic E-state index is 8.17. The summed E-state index contributed by atoms with van der Waals surface area (Å²) in [6.07, 6.45) is 0. The quantitative estimate of drug-likeness (QED) is 0.224. The summed E-state index contributed by atoms with van der Waals surface area (Å²) in [5, 5.41) is 7.55. The van der Waals surface area contributed by atoms with Crippen LogP contribution >= 0.6 is 0 Å². The average Bonchev–Trinajstić information content (AvgIpc) is 1.68. The molecule has 0 amide bonds. The lowest BCUT2D eigenvalue weighted by Gasteiger charge is -2.08. The highest BCUT2D eigenvalue weighted by molar-refractivity contribution is 6.54. The maximum Gasteiger partial charge on any atom is 0.672 e. The molecule has 0 aliphatic rings. The zero-order valence-electron chi connectivity index (χ0n) is 3.66. The van der Waals surface area contributed by atoms with Gasteiger partial charge in [-0.1, -0.05) is 0 Å². The van der Waals surface area contributed by atoms with Gasteiger partial charge in [0.2, 0.25) is 0 Å². The Balaban J connectivity index is 3.36. The van der Waals surface area contributed by atoms with Gasteiger partial charge in [-0.3, -0.25) is 5.26 Å². The highest BCUT2D eigenvalue weighted by Gasteiger charge is 2.32. The highest BCUT2D eigenvalue weighted by Crippen LogP contribution is 1.88. The standard InChI is InChI=1S/Al.H3O5Si.2H/c;1-5-6(2,3)4;;/h;1-3H;;/q+1;-1;;. The van der Waals surface area contributed by atoms with Gasteiger partial charge in [0.05, 0.1) is 0 Å². The normalized spacial score (nSPS) is 11.9. The van der Waals surface area contributed by atoms with Crippen molar-refractivity contribution in [3.8, 4) is 0 Å². The summed E-state index contributed by atoms with van der Waals surface area (Å²) in [7, 11) is -4.03. The molecular formula is H5AlO5Si. The first-order valence-corrected chi connectivity index (χ1v) is 3.97. The lowest BCUT2D eigenvalue weighted by Crippen LogP contribution is -2.40. The molecule has 0 unspecified atom stereocenters. The predicted octanol–water partition coefficient (Wildman–Crippen LogP) is -2.54. The second-order valence-corrected chi connectivity index (χ2v) is 3.76. The zero-order chi connectivity index (χ0) is 5.91. The molecule has 0 spiro atoms. The minimum Gasteiger partial charge on any atom is -0.485 e. The van der Waals surface area contributed by atoms with Crippen LogP contribution in [0, 0.1) is 0 Å². The van der Waals surface area contributed by atoms with Gasteiger partial charge in [0.15, 0.2) is 0 Å². The molecule has 0 aliphatic carbocycles. The van der Waals surface area contributed by atoms with Crippen molar-refractivity contribution in [2.45, 2.75) is 0 Å². The summed E-state index contributed by atoms with van der Waals surface area (Å²) in [4.78, 5) is 16.3. The van der Waals surface area contributed by atoms with Crippen LogP contribution in [0.1, 0.15) is 0 Å². The molecule has 3 N–H and O–H groups in total. The van der Waals surface area contributed by atoms with Crippen LogP contribution in [0.5, 0.6) is 0 Å². The van der Waals surface area contributed by atoms with Gasteiger partial charge in [0, 0.05) is 0 Å². The Hall–Kier alpha value is 0.549. The zero-order valence-corrected chi connectivity index (χ0v) is 6.66. The summed E-state index contributed by atoms with van der Waals surface area (Å²) >= 11 is 0.134. The van der Waals surface area contributed by atoms with Crippen molar-refractivity contribution >= 4 is 25.7 Å². The average molecular weight is 140 g/mol. The predicted molar refractivity (Wildman–Crippen MR) is 23.5 cm³/mol. The van der Waals surface area contributed by atoms with E-state index in [1.165, 1.54) is 0 Å². The lowest BCUT2D eigenvalue weighted by molar-refractivity contribution is -0.205. The molecule has 0 atom stereocenters. The van der Waals surface area contributed by atoms with Crippen LogP contribution in [-0.4, -0.2) is 40.5 Å². The highest BCUT2D eigenvalue weighted by atomic mass is 28.4. The van der Waals surface area contributed by atoms with E-state index in [-0.39, 0.29) is 16.6 Å². The molecule has 0 rings (SSSR count). The summed E-state index contributed by atoms with van der Waals surface area (Å²) in [5.41, 5.74) is 0. The van der Waals surface area contributed by atoms with E-state index in [1.54, 1.807) is 0 Å². The van der Waals surface area contributed by atoms with Crippen LogP contribution in [0.25, 0.3) is 0 Å². The molecule has 0 aromatic rings. The number of hydrogen-bond acceptors (Lipinski definition) is 5. The molecule has 0 aliphatic heterocycles. The molecule has 0 aromatic carbocycles. The van der Waals surface area contributed by atoms with Crippen LogP contribution in [0.4, 0.5) is 0 Å². The third-order valence-corrected chi connectivity index (χ3v) is 2.75. The minimum absolute atomic E-state index is 0.134. The van der Waals surface area contributed by atoms with E-state index in [2.05, 4.69) is 8.05 Å². The third-order valence-electron chi connectivity index (χ3n) is 0.385. The van der Waals surface area contributed by atoms with E-state index in [0.717, 1.165) is 0 Å². The van der Waals surface area contributed by atoms with E-state index in [9.17, 15) is 0 Å². The van der Waals surface area contributed by atoms with Crippen LogP contribution in [0.15, 0.2) is 0 Å². The fourth-order valence-corrected chi connectivity index (χ4v) is 0.335. The molecule has 42 valence electrons. The fraction of sp³-hybridized carbons (Fsp3) is 0.